The van der Waals surface area contributed by atoms with Crippen LogP contribution < -0.4 is 11.5 Å². The molecular weight excluding hydrogens is 298 g/mol. The summed E-state index contributed by atoms with van der Waals surface area (Å²) >= 11 is 0. The number of oxazole rings is 1. The van der Waals surface area contributed by atoms with Crippen LogP contribution in [0.3, 0.4) is 0 Å². The molecule has 2 amide bonds. The van der Waals surface area contributed by atoms with Gasteiger partial charge in [-0.3, -0.25) is 14.6 Å². The molecule has 0 atom stereocenters. The van der Waals surface area contributed by atoms with E-state index in [2.05, 4.69) is 4.98 Å². The maximum absolute atomic E-state index is 12.2. The summed E-state index contributed by atoms with van der Waals surface area (Å²) in [5, 5.41) is 0. The molecule has 2 aromatic rings. The Morgan fingerprint density at radius 1 is 1.26 bits per heavy atom. The number of nitrogens with one attached hydrogen (secondary N) is 1. The van der Waals surface area contributed by atoms with Gasteiger partial charge in [-0.15, -0.1) is 0 Å². The molecule has 0 saturated carbocycles. The summed E-state index contributed by atoms with van der Waals surface area (Å²) in [6, 6.07) is 3.22. The van der Waals surface area contributed by atoms with Crippen molar-refractivity contribution in [2.24, 2.45) is 5.73 Å². The molecule has 7 nitrogen and oxygen atoms in total. The van der Waals surface area contributed by atoms with Crippen LogP contribution in [-0.2, 0) is 11.2 Å². The molecule has 1 aromatic heterocycles. The van der Waals surface area contributed by atoms with Gasteiger partial charge in [0, 0.05) is 13.1 Å². The first-order chi connectivity index (χ1) is 11.0. The number of benzene rings is 1. The van der Waals surface area contributed by atoms with Crippen molar-refractivity contribution >= 4 is 22.9 Å². The number of aromatic nitrogens is 1. The lowest BCUT2D eigenvalue weighted by Crippen LogP contribution is -2.36. The minimum atomic E-state index is -0.656. The van der Waals surface area contributed by atoms with Crippen molar-refractivity contribution in [2.75, 3.05) is 13.1 Å². The van der Waals surface area contributed by atoms with Crippen LogP contribution >= 0.6 is 0 Å². The number of fused-ring (bicyclic) bond motifs is 1. The van der Waals surface area contributed by atoms with Gasteiger partial charge in [0.05, 0.1) is 17.5 Å². The van der Waals surface area contributed by atoms with Crippen LogP contribution in [-0.4, -0.2) is 34.8 Å². The third-order valence-corrected chi connectivity index (χ3v) is 4.04. The van der Waals surface area contributed by atoms with E-state index in [-0.39, 0.29) is 22.6 Å². The number of hydrogen-bond acceptors (Lipinski definition) is 4. The first kappa shape index (κ1) is 15.3. The number of likely N-dealkylation sites (tertiary alicyclic amines) is 1. The Morgan fingerprint density at radius 2 is 2.00 bits per heavy atom. The molecule has 23 heavy (non-hydrogen) atoms. The molecule has 1 aliphatic rings. The number of carbonyl (C=O) groups excluding carboxylic acids is 2. The van der Waals surface area contributed by atoms with Crippen LogP contribution in [0.15, 0.2) is 21.3 Å². The molecule has 1 aromatic carbocycles. The van der Waals surface area contributed by atoms with Gasteiger partial charge < -0.3 is 15.1 Å². The molecule has 121 valence electrons. The first-order valence-corrected chi connectivity index (χ1v) is 7.62. The van der Waals surface area contributed by atoms with Crippen LogP contribution in [0.5, 0.6) is 0 Å². The molecular formula is C16H18N3O4. The Labute approximate surface area is 132 Å². The van der Waals surface area contributed by atoms with E-state index in [0.29, 0.717) is 12.0 Å². The Bertz CT molecular complexity index is 799. The fourth-order valence-electron chi connectivity index (χ4n) is 2.87. The van der Waals surface area contributed by atoms with Crippen molar-refractivity contribution in [1.82, 2.24) is 9.88 Å². The zero-order valence-corrected chi connectivity index (χ0v) is 12.6. The topological polar surface area (TPSA) is 109 Å². The average Bonchev–Trinajstić information content (AvgIpc) is 2.92. The second-order valence-electron chi connectivity index (χ2n) is 5.69. The number of H-pyrrole nitrogens is 1. The number of carbonyl (C=O) groups is 2. The van der Waals surface area contributed by atoms with Crippen LogP contribution in [0, 0.1) is 6.42 Å². The van der Waals surface area contributed by atoms with Gasteiger partial charge in [-0.2, -0.15) is 0 Å². The van der Waals surface area contributed by atoms with Crippen molar-refractivity contribution < 1.29 is 14.0 Å². The first-order valence-electron chi connectivity index (χ1n) is 7.62. The molecule has 0 unspecified atom stereocenters. The molecule has 0 bridgehead atoms. The number of amides is 2. The quantitative estimate of drug-likeness (QED) is 0.876. The van der Waals surface area contributed by atoms with Crippen LogP contribution in [0.25, 0.3) is 11.1 Å². The highest BCUT2D eigenvalue weighted by molar-refractivity contribution is 6.03. The molecule has 1 saturated heterocycles. The van der Waals surface area contributed by atoms with E-state index in [9.17, 15) is 14.4 Å². The Morgan fingerprint density at radius 3 is 2.70 bits per heavy atom. The second kappa shape index (κ2) is 6.28. The zero-order chi connectivity index (χ0) is 16.4. The van der Waals surface area contributed by atoms with E-state index in [1.165, 1.54) is 0 Å². The average molecular weight is 316 g/mol. The van der Waals surface area contributed by atoms with E-state index < -0.39 is 11.7 Å². The number of piperidine rings is 1. The minimum Gasteiger partial charge on any atom is -0.408 e. The van der Waals surface area contributed by atoms with E-state index in [4.69, 9.17) is 10.2 Å². The van der Waals surface area contributed by atoms with E-state index in [0.717, 1.165) is 32.4 Å². The fraction of sp³-hybridized carbons (Fsp3) is 0.375. The highest BCUT2D eigenvalue weighted by atomic mass is 16.4. The molecule has 1 radical (unpaired) electrons. The number of rotatable bonds is 4. The van der Waals surface area contributed by atoms with Crippen molar-refractivity contribution in [3.8, 4) is 0 Å². The Hall–Kier alpha value is -2.57. The molecule has 1 fully saturated rings. The number of aromatic amines is 1. The molecule has 1 aliphatic heterocycles. The maximum Gasteiger partial charge on any atom is 0.417 e. The predicted octanol–water partition coefficient (Wildman–Crippen LogP) is 0.979. The summed E-state index contributed by atoms with van der Waals surface area (Å²) in [7, 11) is 0. The summed E-state index contributed by atoms with van der Waals surface area (Å²) in [4.78, 5) is 39.3. The molecule has 3 N–H and O–H groups in total. The minimum absolute atomic E-state index is 0.0130. The van der Waals surface area contributed by atoms with Gasteiger partial charge in [-0.25, -0.2) is 4.79 Å². The number of nitrogens with two attached hydrogens (primary N) is 1. The Balaban J connectivity index is 1.78. The SMILES string of the molecule is NC(=O)c1cc(C[CH]C(=O)N2CCCCC2)cc2oc(=O)[nH]c12. The summed E-state index contributed by atoms with van der Waals surface area (Å²) in [6.45, 7) is 1.57. The third kappa shape index (κ3) is 3.28. The van der Waals surface area contributed by atoms with Gasteiger partial charge in [0.25, 0.3) is 5.91 Å². The summed E-state index contributed by atoms with van der Waals surface area (Å²) in [5.41, 5.74) is 6.77. The maximum atomic E-state index is 12.2. The van der Waals surface area contributed by atoms with Gasteiger partial charge in [-0.1, -0.05) is 0 Å². The lowest BCUT2D eigenvalue weighted by Gasteiger charge is -2.26. The van der Waals surface area contributed by atoms with Crippen molar-refractivity contribution in [3.63, 3.8) is 0 Å². The van der Waals surface area contributed by atoms with E-state index in [1.807, 2.05) is 4.90 Å². The molecule has 2 heterocycles. The predicted molar refractivity (Wildman–Crippen MR) is 83.8 cm³/mol. The summed E-state index contributed by atoms with van der Waals surface area (Å²) in [6.07, 6.45) is 5.16. The van der Waals surface area contributed by atoms with Gasteiger partial charge in [0.2, 0.25) is 5.91 Å². The summed E-state index contributed by atoms with van der Waals surface area (Å²) < 4.78 is 4.99. The molecule has 7 heteroatoms. The highest BCUT2D eigenvalue weighted by Gasteiger charge is 2.18. The normalized spacial score (nSPS) is 15.0. The largest absolute Gasteiger partial charge is 0.417 e. The van der Waals surface area contributed by atoms with Crippen LogP contribution in [0.1, 0.15) is 35.2 Å². The van der Waals surface area contributed by atoms with Gasteiger partial charge >= 0.3 is 5.76 Å². The van der Waals surface area contributed by atoms with Crippen LogP contribution in [0.2, 0.25) is 0 Å². The van der Waals surface area contributed by atoms with Gasteiger partial charge in [0.15, 0.2) is 5.58 Å². The lowest BCUT2D eigenvalue weighted by atomic mass is 10.0. The van der Waals surface area contributed by atoms with Crippen molar-refractivity contribution in [3.05, 3.63) is 40.2 Å². The van der Waals surface area contributed by atoms with Crippen LogP contribution in [0.4, 0.5) is 0 Å². The molecule has 3 rings (SSSR count). The number of hydrogen-bond donors (Lipinski definition) is 2. The van der Waals surface area contributed by atoms with Gasteiger partial charge in [-0.05, 0) is 43.4 Å². The smallest absolute Gasteiger partial charge is 0.408 e. The number of primary amides is 1. The van der Waals surface area contributed by atoms with E-state index >= 15 is 0 Å². The molecule has 0 spiro atoms. The second-order valence-corrected chi connectivity index (χ2v) is 5.69. The van der Waals surface area contributed by atoms with Gasteiger partial charge in [0.1, 0.15) is 0 Å². The third-order valence-electron chi connectivity index (χ3n) is 4.04. The fourth-order valence-corrected chi connectivity index (χ4v) is 2.87. The highest BCUT2D eigenvalue weighted by Crippen LogP contribution is 2.19. The monoisotopic (exact) mass is 316 g/mol. The molecule has 0 aliphatic carbocycles. The summed E-state index contributed by atoms with van der Waals surface area (Å²) in [5.74, 6) is -1.31. The Kier molecular flexibility index (Phi) is 4.18. The lowest BCUT2D eigenvalue weighted by molar-refractivity contribution is -0.128. The number of nitrogens with zero attached hydrogens (tertiary/aromatic N) is 1. The zero-order valence-electron chi connectivity index (χ0n) is 12.6. The van der Waals surface area contributed by atoms with Crippen molar-refractivity contribution in [2.45, 2.75) is 25.7 Å². The standard InChI is InChI=1S/C16H18N3O4/c17-15(21)11-8-10(9-12-14(11)18-16(22)23-12)4-5-13(20)19-6-2-1-3-7-19/h5,8-9H,1-4,6-7H2,(H2,17,21)(H,18,22). The van der Waals surface area contributed by atoms with Crippen molar-refractivity contribution in [1.29, 1.82) is 0 Å². The van der Waals surface area contributed by atoms with E-state index in [1.54, 1.807) is 18.6 Å².